The van der Waals surface area contributed by atoms with Gasteiger partial charge < -0.3 is 33.5 Å². The van der Waals surface area contributed by atoms with Crippen molar-refractivity contribution in [3.05, 3.63) is 65.8 Å². The highest BCUT2D eigenvalue weighted by molar-refractivity contribution is 5.90. The second kappa shape index (κ2) is 14.6. The van der Waals surface area contributed by atoms with Crippen molar-refractivity contribution in [1.82, 2.24) is 0 Å². The number of benzene rings is 2. The number of esters is 2. The van der Waals surface area contributed by atoms with E-state index in [1.807, 2.05) is 46.8 Å². The first kappa shape index (κ1) is 33.2. The highest BCUT2D eigenvalue weighted by atomic mass is 16.7. The molecule has 0 radical (unpaired) electrons. The molecule has 0 aliphatic carbocycles. The fraction of sp³-hybridized carbons (Fsp3) is 0.438. The van der Waals surface area contributed by atoms with Crippen molar-refractivity contribution in [2.24, 2.45) is 0 Å². The molecule has 2 atom stereocenters. The maximum Gasteiger partial charge on any atom is 0.338 e. The van der Waals surface area contributed by atoms with Crippen molar-refractivity contribution in [2.75, 3.05) is 19.8 Å². The molecular formula is C32H42O9. The quantitative estimate of drug-likeness (QED) is 0.121. The molecule has 0 fully saturated rings. The van der Waals surface area contributed by atoms with Gasteiger partial charge in [0.05, 0.1) is 19.8 Å². The molecule has 1 N–H and O–H groups in total. The van der Waals surface area contributed by atoms with Crippen LogP contribution < -0.4 is 23.7 Å². The Bertz CT molecular complexity index is 1240. The van der Waals surface area contributed by atoms with Gasteiger partial charge >= 0.3 is 11.9 Å². The molecule has 0 bridgehead atoms. The Labute approximate surface area is 242 Å². The van der Waals surface area contributed by atoms with Gasteiger partial charge in [0.1, 0.15) is 11.9 Å². The number of aliphatic hydroxyl groups is 1. The number of carbonyl (C=O) groups is 2. The summed E-state index contributed by atoms with van der Waals surface area (Å²) in [5.41, 5.74) is 1.39. The lowest BCUT2D eigenvalue weighted by Crippen LogP contribution is -2.34. The van der Waals surface area contributed by atoms with Crippen molar-refractivity contribution in [2.45, 2.75) is 73.2 Å². The van der Waals surface area contributed by atoms with Gasteiger partial charge in [-0.05, 0) is 65.3 Å². The molecule has 9 heteroatoms. The molecule has 0 aliphatic rings. The van der Waals surface area contributed by atoms with Crippen LogP contribution in [0.4, 0.5) is 0 Å². The van der Waals surface area contributed by atoms with E-state index in [0.29, 0.717) is 37.1 Å². The lowest BCUT2D eigenvalue weighted by molar-refractivity contribution is -0.173. The molecule has 224 valence electrons. The standard InChI is InChI=1S/C32H42O9/c1-11-36-25-18-24(26(37-12-2)28(38-13-3)27(25)40-29(34)19(4)5)32(9,10)22-14-16-23(17-15-22)39-31(21(8)33)41-30(35)20(6)7/h14-18,21,31,33H,4,6,11-13H2,1-3,5,7-10H3. The summed E-state index contributed by atoms with van der Waals surface area (Å²) in [4.78, 5) is 24.5. The minimum absolute atomic E-state index is 0.127. The summed E-state index contributed by atoms with van der Waals surface area (Å²) in [6, 6.07) is 8.96. The van der Waals surface area contributed by atoms with E-state index >= 15 is 0 Å². The molecule has 2 aromatic rings. The molecule has 0 heterocycles. The Morgan fingerprint density at radius 3 is 1.88 bits per heavy atom. The minimum atomic E-state index is -1.21. The van der Waals surface area contributed by atoms with E-state index in [-0.39, 0.29) is 22.6 Å². The number of hydrogen-bond donors (Lipinski definition) is 1. The largest absolute Gasteiger partial charge is 0.490 e. The number of carbonyl (C=O) groups excluding carboxylic acids is 2. The van der Waals surface area contributed by atoms with Crippen molar-refractivity contribution in [1.29, 1.82) is 0 Å². The zero-order valence-electron chi connectivity index (χ0n) is 25.3. The molecule has 0 aromatic heterocycles. The average molecular weight is 571 g/mol. The summed E-state index contributed by atoms with van der Waals surface area (Å²) in [7, 11) is 0. The molecule has 0 aliphatic heterocycles. The van der Waals surface area contributed by atoms with Crippen molar-refractivity contribution in [3.63, 3.8) is 0 Å². The molecule has 41 heavy (non-hydrogen) atoms. The summed E-state index contributed by atoms with van der Waals surface area (Å²) < 4.78 is 34.6. The fourth-order valence-corrected chi connectivity index (χ4v) is 3.83. The Morgan fingerprint density at radius 2 is 1.39 bits per heavy atom. The Kier molecular flexibility index (Phi) is 11.8. The molecule has 0 saturated heterocycles. The Hall–Kier alpha value is -3.98. The fourth-order valence-electron chi connectivity index (χ4n) is 3.83. The average Bonchev–Trinajstić information content (AvgIpc) is 2.91. The smallest absolute Gasteiger partial charge is 0.338 e. The SMILES string of the molecule is C=C(C)C(=O)Oc1c(OCC)cc(C(C)(C)c2ccc(OC(OC(=O)C(=C)C)C(C)O)cc2)c(OCC)c1OCC. The van der Waals surface area contributed by atoms with E-state index in [9.17, 15) is 14.7 Å². The van der Waals surface area contributed by atoms with Gasteiger partial charge in [0, 0.05) is 22.1 Å². The first-order valence-electron chi connectivity index (χ1n) is 13.6. The summed E-state index contributed by atoms with van der Waals surface area (Å²) in [6.45, 7) is 22.3. The highest BCUT2D eigenvalue weighted by Crippen LogP contribution is 2.52. The van der Waals surface area contributed by atoms with Gasteiger partial charge in [0.15, 0.2) is 11.5 Å². The third-order valence-electron chi connectivity index (χ3n) is 6.04. The van der Waals surface area contributed by atoms with Crippen LogP contribution in [-0.2, 0) is 19.7 Å². The normalized spacial score (nSPS) is 12.5. The topological polar surface area (TPSA) is 110 Å². The van der Waals surface area contributed by atoms with Crippen LogP contribution in [-0.4, -0.2) is 49.3 Å². The van der Waals surface area contributed by atoms with E-state index in [1.54, 1.807) is 25.1 Å². The second-order valence-electron chi connectivity index (χ2n) is 9.94. The predicted octanol–water partition coefficient (Wildman–Crippen LogP) is 5.90. The monoisotopic (exact) mass is 570 g/mol. The summed E-state index contributed by atoms with van der Waals surface area (Å²) in [5.74, 6) is 0.261. The number of aliphatic hydroxyl groups excluding tert-OH is 1. The van der Waals surface area contributed by atoms with E-state index in [0.717, 1.165) is 11.1 Å². The van der Waals surface area contributed by atoms with Crippen molar-refractivity contribution >= 4 is 11.9 Å². The van der Waals surface area contributed by atoms with E-state index in [4.69, 9.17) is 28.4 Å². The van der Waals surface area contributed by atoms with Gasteiger partial charge in [0.25, 0.3) is 6.29 Å². The summed E-state index contributed by atoms with van der Waals surface area (Å²) >= 11 is 0. The van der Waals surface area contributed by atoms with Crippen LogP contribution in [0.2, 0.25) is 0 Å². The zero-order valence-corrected chi connectivity index (χ0v) is 25.3. The van der Waals surface area contributed by atoms with Crippen molar-refractivity contribution in [3.8, 4) is 28.7 Å². The maximum absolute atomic E-state index is 12.5. The minimum Gasteiger partial charge on any atom is -0.490 e. The van der Waals surface area contributed by atoms with Crippen molar-refractivity contribution < 1.29 is 43.1 Å². The van der Waals surface area contributed by atoms with Gasteiger partial charge in [-0.1, -0.05) is 39.1 Å². The van der Waals surface area contributed by atoms with Crippen LogP contribution in [0.1, 0.15) is 66.5 Å². The Balaban J connectivity index is 2.60. The van der Waals surface area contributed by atoms with Gasteiger partial charge in [0.2, 0.25) is 11.5 Å². The van der Waals surface area contributed by atoms with Gasteiger partial charge in [-0.15, -0.1) is 0 Å². The van der Waals surface area contributed by atoms with Gasteiger partial charge in [-0.25, -0.2) is 9.59 Å². The molecule has 9 nitrogen and oxygen atoms in total. The number of rotatable bonds is 15. The molecule has 2 aromatic carbocycles. The maximum atomic E-state index is 12.5. The van der Waals surface area contributed by atoms with Crippen LogP contribution >= 0.6 is 0 Å². The molecule has 0 spiro atoms. The predicted molar refractivity (Wildman–Crippen MR) is 156 cm³/mol. The molecule has 0 saturated carbocycles. The van der Waals surface area contributed by atoms with E-state index in [1.165, 1.54) is 13.8 Å². The van der Waals surface area contributed by atoms with Gasteiger partial charge in [-0.2, -0.15) is 0 Å². The second-order valence-corrected chi connectivity index (χ2v) is 9.94. The number of hydrogen-bond acceptors (Lipinski definition) is 9. The first-order valence-corrected chi connectivity index (χ1v) is 13.6. The lowest BCUT2D eigenvalue weighted by Gasteiger charge is -2.31. The summed E-state index contributed by atoms with van der Waals surface area (Å²) in [5, 5.41) is 10.1. The number of ether oxygens (including phenoxy) is 6. The third-order valence-corrected chi connectivity index (χ3v) is 6.04. The molecular weight excluding hydrogens is 528 g/mol. The highest BCUT2D eigenvalue weighted by Gasteiger charge is 2.34. The lowest BCUT2D eigenvalue weighted by atomic mass is 9.77. The Morgan fingerprint density at radius 1 is 0.854 bits per heavy atom. The van der Waals surface area contributed by atoms with Crippen LogP contribution in [0, 0.1) is 0 Å². The van der Waals surface area contributed by atoms with E-state index in [2.05, 4.69) is 13.2 Å². The molecule has 2 rings (SSSR count). The van der Waals surface area contributed by atoms with Crippen LogP contribution in [0.3, 0.4) is 0 Å². The van der Waals surface area contributed by atoms with Crippen LogP contribution in [0.5, 0.6) is 28.7 Å². The summed E-state index contributed by atoms with van der Waals surface area (Å²) in [6.07, 6.45) is -2.28. The molecule has 0 amide bonds. The zero-order chi connectivity index (χ0) is 30.9. The third kappa shape index (κ3) is 8.27. The first-order chi connectivity index (χ1) is 19.3. The molecule has 2 unspecified atom stereocenters. The van der Waals surface area contributed by atoms with Crippen LogP contribution in [0.15, 0.2) is 54.6 Å². The van der Waals surface area contributed by atoms with Gasteiger partial charge in [-0.3, -0.25) is 0 Å². The van der Waals surface area contributed by atoms with E-state index < -0.39 is 29.7 Å². The van der Waals surface area contributed by atoms with Crippen LogP contribution in [0.25, 0.3) is 0 Å².